The fraction of sp³-hybridized carbons (Fsp3) is 0.875. The second kappa shape index (κ2) is 6.88. The number of aromatic nitrogens is 2. The molecular formula is C16H27N3O2. The van der Waals surface area contributed by atoms with Crippen LogP contribution in [0.4, 0.5) is 0 Å². The zero-order valence-electron chi connectivity index (χ0n) is 13.2. The maximum atomic E-state index is 5.70. The molecule has 2 heterocycles. The molecule has 2 aliphatic rings. The second-order valence-electron chi connectivity index (χ2n) is 6.60. The molecule has 1 aliphatic heterocycles. The van der Waals surface area contributed by atoms with Crippen molar-refractivity contribution in [2.24, 2.45) is 11.8 Å². The van der Waals surface area contributed by atoms with Crippen LogP contribution in [0.1, 0.15) is 75.7 Å². The molecule has 118 valence electrons. The van der Waals surface area contributed by atoms with Crippen LogP contribution < -0.4 is 5.32 Å². The van der Waals surface area contributed by atoms with E-state index in [1.54, 1.807) is 7.11 Å². The lowest BCUT2D eigenvalue weighted by Gasteiger charge is -2.27. The zero-order valence-corrected chi connectivity index (χ0v) is 13.2. The Balaban J connectivity index is 1.73. The summed E-state index contributed by atoms with van der Waals surface area (Å²) >= 11 is 0. The van der Waals surface area contributed by atoms with E-state index in [0.29, 0.717) is 11.8 Å². The lowest BCUT2D eigenvalue weighted by atomic mass is 9.85. The van der Waals surface area contributed by atoms with E-state index in [-0.39, 0.29) is 12.1 Å². The summed E-state index contributed by atoms with van der Waals surface area (Å²) in [5.74, 6) is 2.54. The predicted octanol–water partition coefficient (Wildman–Crippen LogP) is 3.40. The number of hydrogen-bond acceptors (Lipinski definition) is 5. The number of nitrogens with zero attached hydrogens (tertiary/aromatic N) is 2. The highest BCUT2D eigenvalue weighted by molar-refractivity contribution is 5.00. The van der Waals surface area contributed by atoms with Gasteiger partial charge in [-0.2, -0.15) is 4.98 Å². The summed E-state index contributed by atoms with van der Waals surface area (Å²) in [7, 11) is 1.76. The van der Waals surface area contributed by atoms with Crippen LogP contribution in [0.5, 0.6) is 0 Å². The number of methoxy groups -OCH3 is 1. The first-order valence-electron chi connectivity index (χ1n) is 8.39. The summed E-state index contributed by atoms with van der Waals surface area (Å²) in [6.45, 7) is 3.28. The van der Waals surface area contributed by atoms with Gasteiger partial charge in [0.2, 0.25) is 11.7 Å². The molecule has 3 atom stereocenters. The molecule has 0 radical (unpaired) electrons. The average molecular weight is 293 g/mol. The molecule has 2 fully saturated rings. The van der Waals surface area contributed by atoms with E-state index in [1.165, 1.54) is 44.9 Å². The molecule has 1 saturated heterocycles. The molecule has 0 aromatic carbocycles. The molecule has 3 rings (SSSR count). The quantitative estimate of drug-likeness (QED) is 0.922. The van der Waals surface area contributed by atoms with E-state index in [4.69, 9.17) is 9.26 Å². The highest BCUT2D eigenvalue weighted by atomic mass is 16.5. The SMILES string of the molecule is COC(c1noc(C2NCCCC2C)n1)C1CCCCC1. The van der Waals surface area contributed by atoms with Crippen molar-refractivity contribution in [3.05, 3.63) is 11.7 Å². The molecule has 0 bridgehead atoms. The molecule has 1 N–H and O–H groups in total. The predicted molar refractivity (Wildman–Crippen MR) is 79.8 cm³/mol. The van der Waals surface area contributed by atoms with Gasteiger partial charge in [-0.15, -0.1) is 0 Å². The Labute approximate surface area is 126 Å². The highest BCUT2D eigenvalue weighted by Crippen LogP contribution is 2.36. The van der Waals surface area contributed by atoms with Gasteiger partial charge in [0, 0.05) is 7.11 Å². The standard InChI is InChI=1S/C16H27N3O2/c1-11-7-6-10-17-13(11)16-18-15(19-21-16)14(20-2)12-8-4-3-5-9-12/h11-14,17H,3-10H2,1-2H3. The van der Waals surface area contributed by atoms with Gasteiger partial charge in [-0.25, -0.2) is 0 Å². The van der Waals surface area contributed by atoms with Gasteiger partial charge < -0.3 is 14.6 Å². The number of ether oxygens (including phenoxy) is 1. The summed E-state index contributed by atoms with van der Waals surface area (Å²) in [6, 6.07) is 0.198. The van der Waals surface area contributed by atoms with Gasteiger partial charge in [0.25, 0.3) is 0 Å². The second-order valence-corrected chi connectivity index (χ2v) is 6.60. The Morgan fingerprint density at radius 2 is 2.00 bits per heavy atom. The van der Waals surface area contributed by atoms with Crippen molar-refractivity contribution in [3.8, 4) is 0 Å². The lowest BCUT2D eigenvalue weighted by molar-refractivity contribution is 0.0273. The number of rotatable bonds is 4. The first kappa shape index (κ1) is 15.0. The largest absolute Gasteiger partial charge is 0.373 e. The molecule has 1 saturated carbocycles. The zero-order chi connectivity index (χ0) is 14.7. The summed E-state index contributed by atoms with van der Waals surface area (Å²) < 4.78 is 11.2. The van der Waals surface area contributed by atoms with Crippen molar-refractivity contribution in [1.29, 1.82) is 0 Å². The van der Waals surface area contributed by atoms with Crippen LogP contribution in [0.15, 0.2) is 4.52 Å². The molecular weight excluding hydrogens is 266 g/mol. The van der Waals surface area contributed by atoms with E-state index in [0.717, 1.165) is 18.3 Å². The summed E-state index contributed by atoms with van der Waals surface area (Å²) in [5.41, 5.74) is 0. The third-order valence-corrected chi connectivity index (χ3v) is 5.08. The Morgan fingerprint density at radius 1 is 1.19 bits per heavy atom. The monoisotopic (exact) mass is 293 g/mol. The maximum Gasteiger partial charge on any atom is 0.244 e. The van der Waals surface area contributed by atoms with Crippen molar-refractivity contribution in [2.75, 3.05) is 13.7 Å². The lowest BCUT2D eigenvalue weighted by Crippen LogP contribution is -2.33. The van der Waals surface area contributed by atoms with Crippen LogP contribution in [0.3, 0.4) is 0 Å². The van der Waals surface area contributed by atoms with Gasteiger partial charge in [-0.05, 0) is 44.1 Å². The third-order valence-electron chi connectivity index (χ3n) is 5.08. The molecule has 0 amide bonds. The molecule has 1 aromatic rings. The molecule has 5 heteroatoms. The fourth-order valence-corrected chi connectivity index (χ4v) is 3.81. The molecule has 3 unspecified atom stereocenters. The van der Waals surface area contributed by atoms with Crippen LogP contribution in [0.25, 0.3) is 0 Å². The molecule has 1 aliphatic carbocycles. The minimum Gasteiger partial charge on any atom is -0.373 e. The summed E-state index contributed by atoms with van der Waals surface area (Å²) in [5, 5.41) is 7.72. The Hall–Kier alpha value is -0.940. The van der Waals surface area contributed by atoms with Gasteiger partial charge in [0.15, 0.2) is 0 Å². The smallest absolute Gasteiger partial charge is 0.244 e. The minimum absolute atomic E-state index is 0.0123. The van der Waals surface area contributed by atoms with Crippen molar-refractivity contribution in [1.82, 2.24) is 15.5 Å². The van der Waals surface area contributed by atoms with Crippen LogP contribution >= 0.6 is 0 Å². The molecule has 21 heavy (non-hydrogen) atoms. The van der Waals surface area contributed by atoms with E-state index >= 15 is 0 Å². The van der Waals surface area contributed by atoms with E-state index < -0.39 is 0 Å². The van der Waals surface area contributed by atoms with Crippen LogP contribution in [0, 0.1) is 11.8 Å². The van der Waals surface area contributed by atoms with E-state index in [2.05, 4.69) is 22.4 Å². The van der Waals surface area contributed by atoms with Crippen molar-refractivity contribution in [3.63, 3.8) is 0 Å². The average Bonchev–Trinajstić information content (AvgIpc) is 2.99. The van der Waals surface area contributed by atoms with Gasteiger partial charge in [0.05, 0.1) is 6.04 Å². The van der Waals surface area contributed by atoms with E-state index in [9.17, 15) is 0 Å². The van der Waals surface area contributed by atoms with Crippen LogP contribution in [0.2, 0.25) is 0 Å². The fourth-order valence-electron chi connectivity index (χ4n) is 3.81. The van der Waals surface area contributed by atoms with Crippen molar-refractivity contribution >= 4 is 0 Å². The maximum absolute atomic E-state index is 5.70. The third kappa shape index (κ3) is 3.29. The van der Waals surface area contributed by atoms with Crippen molar-refractivity contribution in [2.45, 2.75) is 64.0 Å². The topological polar surface area (TPSA) is 60.2 Å². The normalized spacial score (nSPS) is 29.4. The first-order chi connectivity index (χ1) is 10.3. The molecule has 5 nitrogen and oxygen atoms in total. The van der Waals surface area contributed by atoms with E-state index in [1.807, 2.05) is 0 Å². The van der Waals surface area contributed by atoms with Gasteiger partial charge >= 0.3 is 0 Å². The Morgan fingerprint density at radius 3 is 2.71 bits per heavy atom. The van der Waals surface area contributed by atoms with Crippen LogP contribution in [-0.4, -0.2) is 23.8 Å². The Bertz CT molecular complexity index is 442. The molecule has 0 spiro atoms. The first-order valence-corrected chi connectivity index (χ1v) is 8.39. The van der Waals surface area contributed by atoms with Gasteiger partial charge in [-0.3, -0.25) is 0 Å². The number of piperidine rings is 1. The Kier molecular flexibility index (Phi) is 4.91. The summed E-state index contributed by atoms with van der Waals surface area (Å²) in [6.07, 6.45) is 8.76. The number of nitrogens with one attached hydrogen (secondary N) is 1. The minimum atomic E-state index is -0.0123. The highest BCUT2D eigenvalue weighted by Gasteiger charge is 2.32. The van der Waals surface area contributed by atoms with Crippen molar-refractivity contribution < 1.29 is 9.26 Å². The summed E-state index contributed by atoms with van der Waals surface area (Å²) in [4.78, 5) is 4.67. The number of hydrogen-bond donors (Lipinski definition) is 1. The molecule has 1 aromatic heterocycles. The van der Waals surface area contributed by atoms with Gasteiger partial charge in [-0.1, -0.05) is 31.3 Å². The van der Waals surface area contributed by atoms with Gasteiger partial charge in [0.1, 0.15) is 6.10 Å². The van der Waals surface area contributed by atoms with Crippen LogP contribution in [-0.2, 0) is 4.74 Å².